The van der Waals surface area contributed by atoms with Gasteiger partial charge in [0.15, 0.2) is 0 Å². The van der Waals surface area contributed by atoms with E-state index >= 15 is 0 Å². The summed E-state index contributed by atoms with van der Waals surface area (Å²) in [7, 11) is 0. The standard InChI is InChI=1S/C25H28N6O2/c32-24-9-2-1-8-21(24)23-16-22(18-5-4-10-27-17-18)29-31(23)25(33)28-19-6-3-7-20(15-19)30-13-11-26-12-14-30/h1-7,9-10,15,17,21,23,26,32H,8,11-14,16H2,(H,28,33). The molecule has 1 aliphatic carbocycles. The van der Waals surface area contributed by atoms with Crippen LogP contribution >= 0.6 is 0 Å². The fourth-order valence-electron chi connectivity index (χ4n) is 4.62. The van der Waals surface area contributed by atoms with Gasteiger partial charge >= 0.3 is 6.03 Å². The van der Waals surface area contributed by atoms with Crippen molar-refractivity contribution in [2.75, 3.05) is 36.4 Å². The van der Waals surface area contributed by atoms with Crippen LogP contribution in [0.15, 0.2) is 77.9 Å². The topological polar surface area (TPSA) is 93.1 Å². The molecule has 1 saturated heterocycles. The molecule has 3 aliphatic rings. The van der Waals surface area contributed by atoms with Crippen LogP contribution in [0.3, 0.4) is 0 Å². The number of nitrogens with one attached hydrogen (secondary N) is 2. The molecule has 2 unspecified atom stereocenters. The van der Waals surface area contributed by atoms with E-state index in [2.05, 4.69) is 31.7 Å². The van der Waals surface area contributed by atoms with Crippen LogP contribution in [0.5, 0.6) is 0 Å². The summed E-state index contributed by atoms with van der Waals surface area (Å²) in [5, 5.41) is 23.1. The number of aromatic nitrogens is 1. The summed E-state index contributed by atoms with van der Waals surface area (Å²) in [6, 6.07) is 11.1. The average molecular weight is 445 g/mol. The number of piperazine rings is 1. The van der Waals surface area contributed by atoms with E-state index in [0.29, 0.717) is 12.8 Å². The van der Waals surface area contributed by atoms with Gasteiger partial charge in [0.05, 0.1) is 17.5 Å². The maximum Gasteiger partial charge on any atom is 0.342 e. The number of aliphatic hydroxyl groups is 1. The number of amides is 2. The molecule has 0 radical (unpaired) electrons. The zero-order valence-corrected chi connectivity index (χ0v) is 18.4. The summed E-state index contributed by atoms with van der Waals surface area (Å²) in [5.41, 5.74) is 3.49. The van der Waals surface area contributed by atoms with Crippen LogP contribution < -0.4 is 15.5 Å². The minimum atomic E-state index is -0.307. The fraction of sp³-hybridized carbons (Fsp3) is 0.320. The second-order valence-corrected chi connectivity index (χ2v) is 8.48. The van der Waals surface area contributed by atoms with Gasteiger partial charge in [-0.15, -0.1) is 0 Å². The highest BCUT2D eigenvalue weighted by Crippen LogP contribution is 2.33. The number of benzene rings is 1. The fourth-order valence-corrected chi connectivity index (χ4v) is 4.62. The van der Waals surface area contributed by atoms with Crippen LogP contribution in [0.2, 0.25) is 0 Å². The first-order valence-corrected chi connectivity index (χ1v) is 11.4. The normalized spacial score (nSPS) is 22.7. The molecule has 1 aromatic heterocycles. The minimum absolute atomic E-state index is 0.203. The first-order chi connectivity index (χ1) is 16.2. The summed E-state index contributed by atoms with van der Waals surface area (Å²) in [4.78, 5) is 19.9. The first-order valence-electron chi connectivity index (χ1n) is 11.4. The Bertz CT molecular complexity index is 1090. The van der Waals surface area contributed by atoms with E-state index in [1.165, 1.54) is 5.01 Å². The predicted molar refractivity (Wildman–Crippen MR) is 130 cm³/mol. The Morgan fingerprint density at radius 3 is 2.85 bits per heavy atom. The third-order valence-electron chi connectivity index (χ3n) is 6.36. The van der Waals surface area contributed by atoms with Crippen LogP contribution in [-0.2, 0) is 0 Å². The van der Waals surface area contributed by atoms with Gasteiger partial charge in [0.25, 0.3) is 0 Å². The summed E-state index contributed by atoms with van der Waals surface area (Å²) >= 11 is 0. The van der Waals surface area contributed by atoms with E-state index < -0.39 is 0 Å². The molecule has 3 heterocycles. The molecule has 0 bridgehead atoms. The number of hydrazone groups is 1. The van der Waals surface area contributed by atoms with Crippen molar-refractivity contribution < 1.29 is 9.90 Å². The number of nitrogens with zero attached hydrogens (tertiary/aromatic N) is 4. The second kappa shape index (κ2) is 9.46. The van der Waals surface area contributed by atoms with Crippen molar-refractivity contribution in [2.24, 2.45) is 11.0 Å². The zero-order valence-electron chi connectivity index (χ0n) is 18.4. The number of hydrogen-bond donors (Lipinski definition) is 3. The van der Waals surface area contributed by atoms with E-state index in [1.54, 1.807) is 18.5 Å². The van der Waals surface area contributed by atoms with E-state index in [9.17, 15) is 9.90 Å². The molecular weight excluding hydrogens is 416 g/mol. The molecule has 0 spiro atoms. The Labute approximate surface area is 193 Å². The van der Waals surface area contributed by atoms with Crippen molar-refractivity contribution in [3.63, 3.8) is 0 Å². The number of urea groups is 1. The molecule has 5 rings (SSSR count). The van der Waals surface area contributed by atoms with Gasteiger partial charge in [-0.25, -0.2) is 9.80 Å². The lowest BCUT2D eigenvalue weighted by molar-refractivity contribution is 0.166. The van der Waals surface area contributed by atoms with E-state index in [1.807, 2.05) is 42.5 Å². The predicted octanol–water partition coefficient (Wildman–Crippen LogP) is 3.52. The van der Waals surface area contributed by atoms with Gasteiger partial charge in [-0.2, -0.15) is 5.10 Å². The van der Waals surface area contributed by atoms with Gasteiger partial charge in [0, 0.05) is 67.8 Å². The number of carbonyl (C=O) groups excluding carboxylic acids is 1. The lowest BCUT2D eigenvalue weighted by atomic mass is 9.87. The molecule has 8 heteroatoms. The third kappa shape index (κ3) is 4.61. The highest BCUT2D eigenvalue weighted by molar-refractivity contribution is 6.03. The summed E-state index contributed by atoms with van der Waals surface area (Å²) < 4.78 is 0. The number of pyridine rings is 1. The van der Waals surface area contributed by atoms with Gasteiger partial charge in [-0.1, -0.05) is 24.3 Å². The minimum Gasteiger partial charge on any atom is -0.512 e. The van der Waals surface area contributed by atoms with Crippen LogP contribution in [0.4, 0.5) is 16.2 Å². The van der Waals surface area contributed by atoms with Crippen molar-refractivity contribution in [1.82, 2.24) is 15.3 Å². The second-order valence-electron chi connectivity index (χ2n) is 8.48. The van der Waals surface area contributed by atoms with Gasteiger partial charge in [0.2, 0.25) is 0 Å². The maximum absolute atomic E-state index is 13.4. The van der Waals surface area contributed by atoms with Gasteiger partial charge < -0.3 is 20.6 Å². The Hall–Kier alpha value is -3.65. The molecule has 2 amide bonds. The molecule has 0 saturated carbocycles. The van der Waals surface area contributed by atoms with Gasteiger partial charge in [-0.3, -0.25) is 4.98 Å². The Kier molecular flexibility index (Phi) is 6.08. The summed E-state index contributed by atoms with van der Waals surface area (Å²) in [6.45, 7) is 3.77. The van der Waals surface area contributed by atoms with Crippen molar-refractivity contribution in [3.8, 4) is 0 Å². The van der Waals surface area contributed by atoms with Crippen LogP contribution in [0, 0.1) is 5.92 Å². The molecule has 1 fully saturated rings. The van der Waals surface area contributed by atoms with E-state index in [-0.39, 0.29) is 23.8 Å². The molecular formula is C25H28N6O2. The van der Waals surface area contributed by atoms with Crippen LogP contribution in [-0.4, -0.2) is 59.1 Å². The number of aliphatic hydroxyl groups excluding tert-OH is 1. The molecule has 170 valence electrons. The van der Waals surface area contributed by atoms with Crippen molar-refractivity contribution in [1.29, 1.82) is 0 Å². The molecule has 3 N–H and O–H groups in total. The van der Waals surface area contributed by atoms with Crippen molar-refractivity contribution in [2.45, 2.75) is 18.9 Å². The van der Waals surface area contributed by atoms with Gasteiger partial charge in [0.1, 0.15) is 0 Å². The smallest absolute Gasteiger partial charge is 0.342 e. The number of rotatable bonds is 4. The molecule has 2 aliphatic heterocycles. The molecule has 8 nitrogen and oxygen atoms in total. The first kappa shape index (κ1) is 21.2. The Morgan fingerprint density at radius 2 is 2.06 bits per heavy atom. The zero-order chi connectivity index (χ0) is 22.6. The quantitative estimate of drug-likeness (QED) is 0.671. The highest BCUT2D eigenvalue weighted by Gasteiger charge is 2.39. The Morgan fingerprint density at radius 1 is 1.18 bits per heavy atom. The lowest BCUT2D eigenvalue weighted by Gasteiger charge is -2.30. The average Bonchev–Trinajstić information content (AvgIpc) is 3.31. The number of carbonyl (C=O) groups is 1. The third-order valence-corrected chi connectivity index (χ3v) is 6.36. The molecule has 1 aromatic carbocycles. The maximum atomic E-state index is 13.4. The monoisotopic (exact) mass is 444 g/mol. The number of allylic oxidation sites excluding steroid dienone is 3. The van der Waals surface area contributed by atoms with Crippen molar-refractivity contribution >= 4 is 23.1 Å². The SMILES string of the molecule is O=C(Nc1cccc(N2CCNCC2)c1)N1N=C(c2cccnc2)CC1C1CC=CC=C1O. The Balaban J connectivity index is 1.38. The summed E-state index contributed by atoms with van der Waals surface area (Å²) in [6.07, 6.45) is 10.2. The van der Waals surface area contributed by atoms with E-state index in [0.717, 1.165) is 48.8 Å². The molecule has 33 heavy (non-hydrogen) atoms. The molecule has 2 atom stereocenters. The molecule has 2 aromatic rings. The van der Waals surface area contributed by atoms with Crippen LogP contribution in [0.25, 0.3) is 0 Å². The van der Waals surface area contributed by atoms with Crippen LogP contribution in [0.1, 0.15) is 18.4 Å². The highest BCUT2D eigenvalue weighted by atomic mass is 16.3. The lowest BCUT2D eigenvalue weighted by Crippen LogP contribution is -2.43. The van der Waals surface area contributed by atoms with Crippen molar-refractivity contribution in [3.05, 3.63) is 78.3 Å². The number of hydrogen-bond acceptors (Lipinski definition) is 6. The van der Waals surface area contributed by atoms with E-state index in [4.69, 9.17) is 0 Å². The summed E-state index contributed by atoms with van der Waals surface area (Å²) in [5.74, 6) is 0.0782. The number of anilines is 2. The largest absolute Gasteiger partial charge is 0.512 e. The van der Waals surface area contributed by atoms with Gasteiger partial charge in [-0.05, 0) is 36.8 Å².